The molecule has 0 spiro atoms. The third-order valence-electron chi connectivity index (χ3n) is 3.11. The summed E-state index contributed by atoms with van der Waals surface area (Å²) in [5.41, 5.74) is 0. The van der Waals surface area contributed by atoms with Gasteiger partial charge in [-0.25, -0.2) is 0 Å². The number of rotatable bonds is 3. The van der Waals surface area contributed by atoms with Crippen LogP contribution in [0.5, 0.6) is 0 Å². The molecule has 0 unspecified atom stereocenters. The Morgan fingerprint density at radius 1 is 1.27 bits per heavy atom. The maximum atomic E-state index is 11.9. The van der Waals surface area contributed by atoms with Crippen LogP contribution in [0.15, 0.2) is 0 Å². The topological polar surface area (TPSA) is 61.4 Å². The lowest BCUT2D eigenvalue weighted by Gasteiger charge is -2.35. The molecule has 0 aromatic carbocycles. The van der Waals surface area contributed by atoms with Crippen LogP contribution < -0.4 is 10.0 Å². The average Bonchev–Trinajstić information content (AvgIpc) is 2.17. The summed E-state index contributed by atoms with van der Waals surface area (Å²) in [7, 11) is -3.22. The van der Waals surface area contributed by atoms with E-state index in [9.17, 15) is 8.42 Å². The first-order chi connectivity index (χ1) is 7.08. The number of hydrogen-bond acceptors (Lipinski definition) is 3. The molecule has 0 aromatic rings. The van der Waals surface area contributed by atoms with Crippen molar-refractivity contribution in [3.8, 4) is 0 Å². The van der Waals surface area contributed by atoms with Crippen LogP contribution in [0, 0.1) is 5.92 Å². The van der Waals surface area contributed by atoms with Crippen LogP contribution in [0.2, 0.25) is 0 Å². The fourth-order valence-electron chi connectivity index (χ4n) is 2.17. The number of hydrogen-bond donors (Lipinski definition) is 2. The Bertz CT molecular complexity index is 305. The van der Waals surface area contributed by atoms with E-state index in [1.54, 1.807) is 0 Å². The summed E-state index contributed by atoms with van der Waals surface area (Å²) >= 11 is 0. The molecule has 0 bridgehead atoms. The van der Waals surface area contributed by atoms with Gasteiger partial charge in [0.15, 0.2) is 0 Å². The van der Waals surface area contributed by atoms with Gasteiger partial charge in [-0.2, -0.15) is 17.4 Å². The lowest BCUT2D eigenvalue weighted by molar-refractivity contribution is 0.261. The molecule has 5 nitrogen and oxygen atoms in total. The molecule has 1 aliphatic heterocycles. The van der Waals surface area contributed by atoms with Crippen LogP contribution in [0.3, 0.4) is 0 Å². The zero-order chi connectivity index (χ0) is 10.9. The normalized spacial score (nSPS) is 33.7. The second-order valence-electron chi connectivity index (χ2n) is 4.55. The highest BCUT2D eigenvalue weighted by Crippen LogP contribution is 2.27. The predicted molar refractivity (Wildman–Crippen MR) is 58.7 cm³/mol. The second-order valence-corrected chi connectivity index (χ2v) is 6.25. The number of nitrogens with one attached hydrogen (secondary N) is 2. The van der Waals surface area contributed by atoms with Crippen LogP contribution in [0.4, 0.5) is 0 Å². The Morgan fingerprint density at radius 3 is 2.40 bits per heavy atom. The van der Waals surface area contributed by atoms with Gasteiger partial charge in [-0.1, -0.05) is 6.92 Å². The number of nitrogens with zero attached hydrogens (tertiary/aromatic N) is 1. The third-order valence-corrected chi connectivity index (χ3v) is 4.78. The maximum Gasteiger partial charge on any atom is 0.279 e. The van der Waals surface area contributed by atoms with Gasteiger partial charge in [0.25, 0.3) is 10.2 Å². The highest BCUT2D eigenvalue weighted by Gasteiger charge is 2.32. The average molecular weight is 233 g/mol. The lowest BCUT2D eigenvalue weighted by atomic mass is 9.83. The molecule has 2 aliphatic rings. The molecule has 0 atom stereocenters. The standard InChI is InChI=1S/C9H19N3O2S/c1-8-6-9(7-8)11-15(13,14)12-4-2-10-3-5-12/h8-11H,2-7H2,1H3. The van der Waals surface area contributed by atoms with Crippen molar-refractivity contribution in [1.82, 2.24) is 14.3 Å². The molecule has 88 valence electrons. The molecule has 1 aliphatic carbocycles. The molecule has 0 amide bonds. The third kappa shape index (κ3) is 2.69. The zero-order valence-electron chi connectivity index (χ0n) is 9.07. The van der Waals surface area contributed by atoms with E-state index in [1.807, 2.05) is 0 Å². The summed E-state index contributed by atoms with van der Waals surface area (Å²) in [5, 5.41) is 3.14. The van der Waals surface area contributed by atoms with Crippen LogP contribution in [-0.2, 0) is 10.2 Å². The van der Waals surface area contributed by atoms with E-state index in [-0.39, 0.29) is 6.04 Å². The summed E-state index contributed by atoms with van der Waals surface area (Å²) in [6.07, 6.45) is 1.96. The fraction of sp³-hybridized carbons (Fsp3) is 1.00. The SMILES string of the molecule is CC1CC(NS(=O)(=O)N2CCNCC2)C1. The van der Waals surface area contributed by atoms with E-state index in [0.717, 1.165) is 25.9 Å². The van der Waals surface area contributed by atoms with Gasteiger partial charge in [0, 0.05) is 32.2 Å². The summed E-state index contributed by atoms with van der Waals surface area (Å²) in [4.78, 5) is 0. The first kappa shape index (κ1) is 11.3. The van der Waals surface area contributed by atoms with Crippen molar-refractivity contribution < 1.29 is 8.42 Å². The molecule has 2 rings (SSSR count). The minimum atomic E-state index is -3.22. The van der Waals surface area contributed by atoms with E-state index < -0.39 is 10.2 Å². The van der Waals surface area contributed by atoms with Gasteiger partial charge in [0.1, 0.15) is 0 Å². The fourth-order valence-corrected chi connectivity index (χ4v) is 3.59. The number of piperazine rings is 1. The Morgan fingerprint density at radius 2 is 1.87 bits per heavy atom. The van der Waals surface area contributed by atoms with Crippen molar-refractivity contribution >= 4 is 10.2 Å². The minimum Gasteiger partial charge on any atom is -0.314 e. The van der Waals surface area contributed by atoms with Crippen molar-refractivity contribution in [1.29, 1.82) is 0 Å². The molecule has 1 heterocycles. The Kier molecular flexibility index (Phi) is 3.30. The second kappa shape index (κ2) is 4.37. The van der Waals surface area contributed by atoms with Crippen molar-refractivity contribution in [2.24, 2.45) is 5.92 Å². The van der Waals surface area contributed by atoms with E-state index in [2.05, 4.69) is 17.0 Å². The van der Waals surface area contributed by atoms with Crippen LogP contribution in [0.25, 0.3) is 0 Å². The van der Waals surface area contributed by atoms with Crippen molar-refractivity contribution in [2.45, 2.75) is 25.8 Å². The van der Waals surface area contributed by atoms with E-state index >= 15 is 0 Å². The van der Waals surface area contributed by atoms with E-state index in [1.165, 1.54) is 4.31 Å². The quantitative estimate of drug-likeness (QED) is 0.692. The maximum absolute atomic E-state index is 11.9. The summed E-state index contributed by atoms with van der Waals surface area (Å²) in [5.74, 6) is 0.667. The predicted octanol–water partition coefficient (Wildman–Crippen LogP) is -0.475. The van der Waals surface area contributed by atoms with E-state index in [4.69, 9.17) is 0 Å². The minimum absolute atomic E-state index is 0.167. The van der Waals surface area contributed by atoms with Gasteiger partial charge in [-0.15, -0.1) is 0 Å². The first-order valence-corrected chi connectivity index (χ1v) is 7.00. The Hall–Kier alpha value is -0.170. The first-order valence-electron chi connectivity index (χ1n) is 5.56. The van der Waals surface area contributed by atoms with Gasteiger partial charge in [-0.05, 0) is 18.8 Å². The summed E-state index contributed by atoms with van der Waals surface area (Å²) < 4.78 is 28.1. The largest absolute Gasteiger partial charge is 0.314 e. The molecule has 0 radical (unpaired) electrons. The smallest absolute Gasteiger partial charge is 0.279 e. The molecule has 15 heavy (non-hydrogen) atoms. The van der Waals surface area contributed by atoms with Gasteiger partial charge >= 0.3 is 0 Å². The highest BCUT2D eigenvalue weighted by molar-refractivity contribution is 7.87. The van der Waals surface area contributed by atoms with Crippen molar-refractivity contribution in [3.63, 3.8) is 0 Å². The molecule has 1 saturated heterocycles. The van der Waals surface area contributed by atoms with Gasteiger partial charge in [0.2, 0.25) is 0 Å². The molecular weight excluding hydrogens is 214 g/mol. The summed E-state index contributed by atoms with van der Waals surface area (Å²) in [6.45, 7) is 4.81. The molecule has 1 saturated carbocycles. The Balaban J connectivity index is 1.88. The van der Waals surface area contributed by atoms with Crippen LogP contribution >= 0.6 is 0 Å². The highest BCUT2D eigenvalue weighted by atomic mass is 32.2. The van der Waals surface area contributed by atoms with Gasteiger partial charge < -0.3 is 5.32 Å². The lowest BCUT2D eigenvalue weighted by Crippen LogP contribution is -2.54. The van der Waals surface area contributed by atoms with Crippen molar-refractivity contribution in [3.05, 3.63) is 0 Å². The van der Waals surface area contributed by atoms with Gasteiger partial charge in [0.05, 0.1) is 0 Å². The molecule has 0 aromatic heterocycles. The van der Waals surface area contributed by atoms with Crippen molar-refractivity contribution in [2.75, 3.05) is 26.2 Å². The van der Waals surface area contributed by atoms with Crippen LogP contribution in [-0.4, -0.2) is 44.9 Å². The van der Waals surface area contributed by atoms with E-state index in [0.29, 0.717) is 19.0 Å². The molecule has 6 heteroatoms. The Labute approximate surface area is 91.4 Å². The molecular formula is C9H19N3O2S. The van der Waals surface area contributed by atoms with Gasteiger partial charge in [-0.3, -0.25) is 0 Å². The molecule has 2 N–H and O–H groups in total. The zero-order valence-corrected chi connectivity index (χ0v) is 9.89. The summed E-state index contributed by atoms with van der Waals surface area (Å²) in [6, 6.07) is 0.167. The van der Waals surface area contributed by atoms with Crippen LogP contribution in [0.1, 0.15) is 19.8 Å². The molecule has 2 fully saturated rings. The monoisotopic (exact) mass is 233 g/mol.